The van der Waals surface area contributed by atoms with E-state index in [4.69, 9.17) is 23.2 Å². The van der Waals surface area contributed by atoms with Gasteiger partial charge in [0.25, 0.3) is 10.0 Å². The SMILES string of the molecule is CC(C)c1ccccc1NS(=O)(=O)c1ccc(Cl)nc1Cl. The highest BCUT2D eigenvalue weighted by Crippen LogP contribution is 2.28. The number of pyridine rings is 1. The second-order valence-electron chi connectivity index (χ2n) is 4.77. The average molecular weight is 345 g/mol. The number of halogens is 2. The summed E-state index contributed by atoms with van der Waals surface area (Å²) in [6.07, 6.45) is 0. The van der Waals surface area contributed by atoms with Crippen molar-refractivity contribution < 1.29 is 8.42 Å². The van der Waals surface area contributed by atoms with Crippen LogP contribution in [0, 0.1) is 0 Å². The fourth-order valence-corrected chi connectivity index (χ4v) is 3.64. The summed E-state index contributed by atoms with van der Waals surface area (Å²) in [5.41, 5.74) is 1.43. The number of hydrogen-bond donors (Lipinski definition) is 1. The molecular formula is C14H14Cl2N2O2S. The standard InChI is InChI=1S/C14H14Cl2N2O2S/c1-9(2)10-5-3-4-6-11(10)18-21(19,20)12-7-8-13(15)17-14(12)16/h3-9,18H,1-2H3. The van der Waals surface area contributed by atoms with Gasteiger partial charge in [-0.1, -0.05) is 55.2 Å². The molecule has 0 amide bonds. The first-order valence-electron chi connectivity index (χ1n) is 6.25. The van der Waals surface area contributed by atoms with Crippen molar-refractivity contribution >= 4 is 38.9 Å². The Bertz CT molecular complexity index is 761. The molecule has 0 aliphatic heterocycles. The van der Waals surface area contributed by atoms with Gasteiger partial charge in [0.1, 0.15) is 10.0 Å². The molecule has 0 spiro atoms. The number of benzene rings is 1. The van der Waals surface area contributed by atoms with E-state index in [0.29, 0.717) is 5.69 Å². The van der Waals surface area contributed by atoms with Gasteiger partial charge in [0, 0.05) is 0 Å². The first-order valence-corrected chi connectivity index (χ1v) is 8.49. The molecule has 0 fully saturated rings. The van der Waals surface area contributed by atoms with Gasteiger partial charge < -0.3 is 0 Å². The average Bonchev–Trinajstić information content (AvgIpc) is 2.37. The van der Waals surface area contributed by atoms with E-state index in [-0.39, 0.29) is 21.1 Å². The lowest BCUT2D eigenvalue weighted by Crippen LogP contribution is -2.15. The van der Waals surface area contributed by atoms with Crippen molar-refractivity contribution in [3.63, 3.8) is 0 Å². The van der Waals surface area contributed by atoms with E-state index < -0.39 is 10.0 Å². The number of nitrogens with one attached hydrogen (secondary N) is 1. The van der Waals surface area contributed by atoms with Crippen molar-refractivity contribution in [2.45, 2.75) is 24.7 Å². The third-order valence-corrected chi connectivity index (χ3v) is 4.90. The van der Waals surface area contributed by atoms with Crippen molar-refractivity contribution in [1.82, 2.24) is 4.98 Å². The number of aromatic nitrogens is 1. The molecule has 4 nitrogen and oxygen atoms in total. The molecule has 0 aliphatic carbocycles. The fraction of sp³-hybridized carbons (Fsp3) is 0.214. The van der Waals surface area contributed by atoms with Crippen molar-refractivity contribution in [2.75, 3.05) is 4.72 Å². The second kappa shape index (κ2) is 6.22. The van der Waals surface area contributed by atoms with Crippen LogP contribution in [0.3, 0.4) is 0 Å². The molecular weight excluding hydrogens is 331 g/mol. The Kier molecular flexibility index (Phi) is 4.76. The van der Waals surface area contributed by atoms with E-state index in [1.165, 1.54) is 12.1 Å². The van der Waals surface area contributed by atoms with Crippen LogP contribution < -0.4 is 4.72 Å². The van der Waals surface area contributed by atoms with Gasteiger partial charge in [-0.2, -0.15) is 0 Å². The van der Waals surface area contributed by atoms with Crippen LogP contribution >= 0.6 is 23.2 Å². The van der Waals surface area contributed by atoms with Crippen LogP contribution in [0.4, 0.5) is 5.69 Å². The maximum atomic E-state index is 12.4. The maximum absolute atomic E-state index is 12.4. The molecule has 0 saturated carbocycles. The van der Waals surface area contributed by atoms with Gasteiger partial charge in [-0.05, 0) is 29.7 Å². The quantitative estimate of drug-likeness (QED) is 0.840. The number of sulfonamides is 1. The largest absolute Gasteiger partial charge is 0.279 e. The minimum atomic E-state index is -3.82. The minimum absolute atomic E-state index is 0.105. The van der Waals surface area contributed by atoms with E-state index in [2.05, 4.69) is 9.71 Å². The third-order valence-electron chi connectivity index (χ3n) is 2.90. The predicted octanol–water partition coefficient (Wildman–Crippen LogP) is 4.31. The number of rotatable bonds is 4. The van der Waals surface area contributed by atoms with Gasteiger partial charge in [0.15, 0.2) is 5.15 Å². The second-order valence-corrected chi connectivity index (χ2v) is 7.17. The van der Waals surface area contributed by atoms with Gasteiger partial charge in [-0.25, -0.2) is 13.4 Å². The predicted molar refractivity (Wildman–Crippen MR) is 85.6 cm³/mol. The molecule has 2 rings (SSSR count). The van der Waals surface area contributed by atoms with Gasteiger partial charge in [-0.3, -0.25) is 4.72 Å². The zero-order valence-corrected chi connectivity index (χ0v) is 13.8. The smallest absolute Gasteiger partial charge is 0.264 e. The summed E-state index contributed by atoms with van der Waals surface area (Å²) < 4.78 is 27.4. The molecule has 112 valence electrons. The van der Waals surface area contributed by atoms with Crippen molar-refractivity contribution in [2.24, 2.45) is 0 Å². The molecule has 21 heavy (non-hydrogen) atoms. The van der Waals surface area contributed by atoms with Crippen LogP contribution in [-0.2, 0) is 10.0 Å². The highest BCUT2D eigenvalue weighted by Gasteiger charge is 2.21. The maximum Gasteiger partial charge on any atom is 0.264 e. The monoisotopic (exact) mass is 344 g/mol. The van der Waals surface area contributed by atoms with Crippen molar-refractivity contribution in [3.8, 4) is 0 Å². The van der Waals surface area contributed by atoms with E-state index in [1.54, 1.807) is 12.1 Å². The summed E-state index contributed by atoms with van der Waals surface area (Å²) in [5.74, 6) is 0.183. The molecule has 0 saturated heterocycles. The molecule has 1 heterocycles. The normalized spacial score (nSPS) is 11.7. The molecule has 0 aliphatic rings. The molecule has 0 atom stereocenters. The lowest BCUT2D eigenvalue weighted by Gasteiger charge is -2.15. The first kappa shape index (κ1) is 16.1. The van der Waals surface area contributed by atoms with Crippen LogP contribution in [-0.4, -0.2) is 13.4 Å². The van der Waals surface area contributed by atoms with E-state index in [1.807, 2.05) is 26.0 Å². The molecule has 2 aromatic rings. The molecule has 0 unspecified atom stereocenters. The van der Waals surface area contributed by atoms with E-state index >= 15 is 0 Å². The summed E-state index contributed by atoms with van der Waals surface area (Å²) in [5, 5.41) is -0.0152. The number of para-hydroxylation sites is 1. The Morgan fingerprint density at radius 3 is 2.38 bits per heavy atom. The van der Waals surface area contributed by atoms with Crippen molar-refractivity contribution in [1.29, 1.82) is 0 Å². The van der Waals surface area contributed by atoms with E-state index in [9.17, 15) is 8.42 Å². The summed E-state index contributed by atoms with van der Waals surface area (Å²) >= 11 is 11.6. The highest BCUT2D eigenvalue weighted by atomic mass is 35.5. The fourth-order valence-electron chi connectivity index (χ4n) is 1.89. The van der Waals surface area contributed by atoms with Gasteiger partial charge in [0.2, 0.25) is 0 Å². The number of anilines is 1. The Morgan fingerprint density at radius 2 is 1.76 bits per heavy atom. The highest BCUT2D eigenvalue weighted by molar-refractivity contribution is 7.92. The summed E-state index contributed by atoms with van der Waals surface area (Å²) in [6.45, 7) is 3.98. The van der Waals surface area contributed by atoms with Crippen LogP contribution in [0.1, 0.15) is 25.3 Å². The lowest BCUT2D eigenvalue weighted by molar-refractivity contribution is 0.601. The molecule has 1 aromatic heterocycles. The van der Waals surface area contributed by atoms with E-state index in [0.717, 1.165) is 5.56 Å². The van der Waals surface area contributed by atoms with Crippen LogP contribution in [0.5, 0.6) is 0 Å². The summed E-state index contributed by atoms with van der Waals surface area (Å²) in [4.78, 5) is 3.65. The molecule has 7 heteroatoms. The minimum Gasteiger partial charge on any atom is -0.279 e. The van der Waals surface area contributed by atoms with Crippen LogP contribution in [0.25, 0.3) is 0 Å². The Morgan fingerprint density at radius 1 is 1.10 bits per heavy atom. The Balaban J connectivity index is 2.43. The molecule has 0 bridgehead atoms. The van der Waals surface area contributed by atoms with Gasteiger partial charge in [0.05, 0.1) is 5.69 Å². The summed E-state index contributed by atoms with van der Waals surface area (Å²) in [6, 6.07) is 9.94. The molecule has 1 aromatic carbocycles. The van der Waals surface area contributed by atoms with Gasteiger partial charge >= 0.3 is 0 Å². The molecule has 0 radical (unpaired) electrons. The number of nitrogens with zero attached hydrogens (tertiary/aromatic N) is 1. The van der Waals surface area contributed by atoms with Crippen LogP contribution in [0.15, 0.2) is 41.3 Å². The first-order chi connectivity index (χ1) is 9.81. The van der Waals surface area contributed by atoms with Crippen LogP contribution in [0.2, 0.25) is 10.3 Å². The molecule has 1 N–H and O–H groups in total. The van der Waals surface area contributed by atoms with Gasteiger partial charge in [-0.15, -0.1) is 0 Å². The Labute approximate surface area is 134 Å². The zero-order valence-electron chi connectivity index (χ0n) is 11.5. The Hall–Kier alpha value is -1.30. The number of hydrogen-bond acceptors (Lipinski definition) is 3. The third kappa shape index (κ3) is 3.67. The van der Waals surface area contributed by atoms with Crippen molar-refractivity contribution in [3.05, 3.63) is 52.3 Å². The summed E-state index contributed by atoms with van der Waals surface area (Å²) in [7, 11) is -3.82. The topological polar surface area (TPSA) is 59.1 Å². The lowest BCUT2D eigenvalue weighted by atomic mass is 10.0. The zero-order chi connectivity index (χ0) is 15.6.